The molecule has 1 aromatic rings. The number of rotatable bonds is 5. The standard InChI is InChI=1S/C17H23N3O3.ClH/c18-15(11-7-9-23-10-8-11)17(22)20-14-5-3-13(4-6-14)19-16(21)12-1-2-12;/h3-6,11-12,15H,1-2,7-10,18H2,(H,19,21)(H,20,22);1H. The van der Waals surface area contributed by atoms with Crippen molar-refractivity contribution in [1.82, 2.24) is 0 Å². The predicted molar refractivity (Wildman–Crippen MR) is 95.2 cm³/mol. The summed E-state index contributed by atoms with van der Waals surface area (Å²) in [5.74, 6) is 0.239. The summed E-state index contributed by atoms with van der Waals surface area (Å²) in [6.07, 6.45) is 3.59. The van der Waals surface area contributed by atoms with Crippen molar-refractivity contribution in [3.63, 3.8) is 0 Å². The first-order valence-corrected chi connectivity index (χ1v) is 8.18. The molecule has 132 valence electrons. The van der Waals surface area contributed by atoms with E-state index in [0.717, 1.165) is 31.4 Å². The lowest BCUT2D eigenvalue weighted by Crippen LogP contribution is -2.43. The highest BCUT2D eigenvalue weighted by atomic mass is 35.5. The summed E-state index contributed by atoms with van der Waals surface area (Å²) in [6.45, 7) is 1.34. The Bertz CT molecular complexity index is 569. The highest BCUT2D eigenvalue weighted by molar-refractivity contribution is 5.96. The maximum Gasteiger partial charge on any atom is 0.241 e. The van der Waals surface area contributed by atoms with E-state index in [-0.39, 0.29) is 36.1 Å². The maximum absolute atomic E-state index is 12.2. The summed E-state index contributed by atoms with van der Waals surface area (Å²) in [6, 6.07) is 6.60. The van der Waals surface area contributed by atoms with Gasteiger partial charge in [-0.05, 0) is 55.9 Å². The van der Waals surface area contributed by atoms with Crippen LogP contribution >= 0.6 is 12.4 Å². The number of ether oxygens (including phenoxy) is 1. The molecule has 1 aliphatic heterocycles. The third-order valence-corrected chi connectivity index (χ3v) is 4.44. The Morgan fingerprint density at radius 3 is 2.08 bits per heavy atom. The van der Waals surface area contributed by atoms with Gasteiger partial charge in [0.2, 0.25) is 11.8 Å². The van der Waals surface area contributed by atoms with Gasteiger partial charge in [0.1, 0.15) is 0 Å². The van der Waals surface area contributed by atoms with Gasteiger partial charge in [-0.15, -0.1) is 12.4 Å². The minimum Gasteiger partial charge on any atom is -0.381 e. The monoisotopic (exact) mass is 353 g/mol. The zero-order chi connectivity index (χ0) is 16.2. The SMILES string of the molecule is Cl.NC(C(=O)Nc1ccc(NC(=O)C2CC2)cc1)C1CCOCC1. The number of anilines is 2. The van der Waals surface area contributed by atoms with Crippen LogP contribution in [-0.2, 0) is 14.3 Å². The van der Waals surface area contributed by atoms with Gasteiger partial charge >= 0.3 is 0 Å². The summed E-state index contributed by atoms with van der Waals surface area (Å²) in [5.41, 5.74) is 7.48. The number of hydrogen-bond donors (Lipinski definition) is 3. The Balaban J connectivity index is 0.00000208. The van der Waals surface area contributed by atoms with Crippen molar-refractivity contribution in [2.75, 3.05) is 23.8 Å². The van der Waals surface area contributed by atoms with Crippen LogP contribution < -0.4 is 16.4 Å². The number of amides is 2. The fourth-order valence-electron chi connectivity index (χ4n) is 2.74. The number of benzene rings is 1. The van der Waals surface area contributed by atoms with Crippen molar-refractivity contribution in [3.8, 4) is 0 Å². The van der Waals surface area contributed by atoms with E-state index >= 15 is 0 Å². The second-order valence-corrected chi connectivity index (χ2v) is 6.31. The molecule has 3 rings (SSSR count). The average Bonchev–Trinajstić information content (AvgIpc) is 3.42. The van der Waals surface area contributed by atoms with Crippen LogP contribution in [0.3, 0.4) is 0 Å². The van der Waals surface area contributed by atoms with Crippen molar-refractivity contribution < 1.29 is 14.3 Å². The molecule has 0 aromatic heterocycles. The van der Waals surface area contributed by atoms with Gasteiger partial charge < -0.3 is 21.1 Å². The quantitative estimate of drug-likeness (QED) is 0.756. The lowest BCUT2D eigenvalue weighted by atomic mass is 9.92. The molecule has 4 N–H and O–H groups in total. The van der Waals surface area contributed by atoms with Gasteiger partial charge in [-0.3, -0.25) is 9.59 Å². The molecule has 2 fully saturated rings. The lowest BCUT2D eigenvalue weighted by Gasteiger charge is -2.26. The summed E-state index contributed by atoms with van der Waals surface area (Å²) in [7, 11) is 0. The third kappa shape index (κ3) is 4.93. The Morgan fingerprint density at radius 2 is 1.54 bits per heavy atom. The highest BCUT2D eigenvalue weighted by Crippen LogP contribution is 2.30. The minimum atomic E-state index is -0.520. The number of carbonyl (C=O) groups excluding carboxylic acids is 2. The van der Waals surface area contributed by atoms with E-state index in [0.29, 0.717) is 18.9 Å². The Morgan fingerprint density at radius 1 is 1.00 bits per heavy atom. The summed E-state index contributed by atoms with van der Waals surface area (Å²) in [5, 5.41) is 5.71. The summed E-state index contributed by atoms with van der Waals surface area (Å²) < 4.78 is 5.29. The Labute approximate surface area is 147 Å². The molecule has 2 amide bonds. The van der Waals surface area contributed by atoms with Crippen LogP contribution in [0.15, 0.2) is 24.3 Å². The molecule has 1 saturated carbocycles. The molecule has 1 atom stereocenters. The molecule has 24 heavy (non-hydrogen) atoms. The van der Waals surface area contributed by atoms with Crippen molar-refractivity contribution >= 4 is 35.6 Å². The van der Waals surface area contributed by atoms with Gasteiger partial charge in [0.25, 0.3) is 0 Å². The van der Waals surface area contributed by atoms with Crippen LogP contribution in [-0.4, -0.2) is 31.1 Å². The van der Waals surface area contributed by atoms with E-state index in [2.05, 4.69) is 10.6 Å². The van der Waals surface area contributed by atoms with Crippen molar-refractivity contribution in [2.24, 2.45) is 17.6 Å². The van der Waals surface area contributed by atoms with Gasteiger partial charge in [0.15, 0.2) is 0 Å². The van der Waals surface area contributed by atoms with Crippen LogP contribution in [0.25, 0.3) is 0 Å². The normalized spacial score (nSPS) is 19.0. The predicted octanol–water partition coefficient (Wildman–Crippen LogP) is 2.15. The van der Waals surface area contributed by atoms with Crippen molar-refractivity contribution in [2.45, 2.75) is 31.7 Å². The first kappa shape index (κ1) is 18.7. The molecule has 0 spiro atoms. The van der Waals surface area contributed by atoms with E-state index in [4.69, 9.17) is 10.5 Å². The average molecular weight is 354 g/mol. The first-order valence-electron chi connectivity index (χ1n) is 8.18. The second kappa shape index (κ2) is 8.46. The van der Waals surface area contributed by atoms with E-state index in [1.807, 2.05) is 0 Å². The van der Waals surface area contributed by atoms with Gasteiger partial charge in [0, 0.05) is 30.5 Å². The molecule has 7 heteroatoms. The molecule has 1 unspecified atom stereocenters. The molecular weight excluding hydrogens is 330 g/mol. The maximum atomic E-state index is 12.2. The zero-order valence-electron chi connectivity index (χ0n) is 13.5. The van der Waals surface area contributed by atoms with Crippen LogP contribution in [0.4, 0.5) is 11.4 Å². The molecule has 1 saturated heterocycles. The molecule has 1 aliphatic carbocycles. The first-order chi connectivity index (χ1) is 11.1. The van der Waals surface area contributed by atoms with E-state index in [1.165, 1.54) is 0 Å². The topological polar surface area (TPSA) is 93.5 Å². The van der Waals surface area contributed by atoms with Crippen LogP contribution in [0, 0.1) is 11.8 Å². The number of carbonyl (C=O) groups is 2. The Hall–Kier alpha value is -1.63. The van der Waals surface area contributed by atoms with Crippen molar-refractivity contribution in [1.29, 1.82) is 0 Å². The molecule has 0 radical (unpaired) electrons. The van der Waals surface area contributed by atoms with Gasteiger partial charge in [-0.2, -0.15) is 0 Å². The summed E-state index contributed by atoms with van der Waals surface area (Å²) in [4.78, 5) is 23.9. The third-order valence-electron chi connectivity index (χ3n) is 4.44. The van der Waals surface area contributed by atoms with Crippen LogP contribution in [0.5, 0.6) is 0 Å². The summed E-state index contributed by atoms with van der Waals surface area (Å²) >= 11 is 0. The molecule has 2 aliphatic rings. The minimum absolute atomic E-state index is 0. The fraction of sp³-hybridized carbons (Fsp3) is 0.529. The van der Waals surface area contributed by atoms with Crippen LogP contribution in [0.2, 0.25) is 0 Å². The Kier molecular flexibility index (Phi) is 6.60. The van der Waals surface area contributed by atoms with Gasteiger partial charge in [-0.25, -0.2) is 0 Å². The molecule has 0 bridgehead atoms. The molecule has 1 heterocycles. The molecule has 1 aromatic carbocycles. The van der Waals surface area contributed by atoms with Crippen molar-refractivity contribution in [3.05, 3.63) is 24.3 Å². The second-order valence-electron chi connectivity index (χ2n) is 6.31. The van der Waals surface area contributed by atoms with E-state index < -0.39 is 6.04 Å². The fourth-order valence-corrected chi connectivity index (χ4v) is 2.74. The lowest BCUT2D eigenvalue weighted by molar-refractivity contribution is -0.119. The zero-order valence-corrected chi connectivity index (χ0v) is 14.3. The number of hydrogen-bond acceptors (Lipinski definition) is 4. The highest BCUT2D eigenvalue weighted by Gasteiger charge is 2.29. The van der Waals surface area contributed by atoms with Gasteiger partial charge in [0.05, 0.1) is 6.04 Å². The van der Waals surface area contributed by atoms with E-state index in [1.54, 1.807) is 24.3 Å². The largest absolute Gasteiger partial charge is 0.381 e. The number of halogens is 1. The van der Waals surface area contributed by atoms with Gasteiger partial charge in [-0.1, -0.05) is 0 Å². The van der Waals surface area contributed by atoms with E-state index in [9.17, 15) is 9.59 Å². The smallest absolute Gasteiger partial charge is 0.241 e. The molecule has 6 nitrogen and oxygen atoms in total. The van der Waals surface area contributed by atoms with Crippen LogP contribution in [0.1, 0.15) is 25.7 Å². The number of nitrogens with two attached hydrogens (primary N) is 1. The number of nitrogens with one attached hydrogen (secondary N) is 2. The molecular formula is C17H24ClN3O3.